The van der Waals surface area contributed by atoms with Gasteiger partial charge in [0.1, 0.15) is 0 Å². The van der Waals surface area contributed by atoms with E-state index in [4.69, 9.17) is 4.74 Å². The minimum Gasteiger partial charge on any atom is -0.409 e. The lowest BCUT2D eigenvalue weighted by Crippen LogP contribution is -2.11. The molecule has 1 N–H and O–H groups in total. The highest BCUT2D eigenvalue weighted by atomic mass is 16.5. The van der Waals surface area contributed by atoms with Gasteiger partial charge >= 0.3 is 5.97 Å². The van der Waals surface area contributed by atoms with Gasteiger partial charge in [-0.25, -0.2) is 0 Å². The predicted molar refractivity (Wildman–Crippen MR) is 56.6 cm³/mol. The second-order valence-electron chi connectivity index (χ2n) is 3.17. The molecule has 0 amide bonds. The van der Waals surface area contributed by atoms with Crippen molar-refractivity contribution in [3.05, 3.63) is 54.2 Å². The Morgan fingerprint density at radius 1 is 1.13 bits per heavy atom. The van der Waals surface area contributed by atoms with E-state index in [0.717, 1.165) is 5.56 Å². The minimum atomic E-state index is -0.261. The van der Waals surface area contributed by atoms with Gasteiger partial charge in [0.2, 0.25) is 5.88 Å². The molecule has 0 aliphatic rings. The minimum absolute atomic E-state index is 0.261. The largest absolute Gasteiger partial charge is 0.409 e. The Kier molecular flexibility index (Phi) is 2.83. The Labute approximate surface area is 87.7 Å². The van der Waals surface area contributed by atoms with Gasteiger partial charge in [0.25, 0.3) is 0 Å². The fourth-order valence-corrected chi connectivity index (χ4v) is 1.30. The molecule has 15 heavy (non-hydrogen) atoms. The van der Waals surface area contributed by atoms with Crippen LogP contribution in [0.15, 0.2) is 48.7 Å². The van der Waals surface area contributed by atoms with E-state index in [9.17, 15) is 4.79 Å². The maximum atomic E-state index is 11.4. The highest BCUT2D eigenvalue weighted by Crippen LogP contribution is 2.07. The first-order chi connectivity index (χ1) is 7.34. The summed E-state index contributed by atoms with van der Waals surface area (Å²) >= 11 is 0. The summed E-state index contributed by atoms with van der Waals surface area (Å²) in [5.41, 5.74) is 0.953. The van der Waals surface area contributed by atoms with Crippen molar-refractivity contribution in [2.24, 2.45) is 0 Å². The van der Waals surface area contributed by atoms with Gasteiger partial charge < -0.3 is 9.72 Å². The number of H-pyrrole nitrogens is 1. The first kappa shape index (κ1) is 9.52. The molecule has 0 spiro atoms. The van der Waals surface area contributed by atoms with E-state index in [0.29, 0.717) is 12.3 Å². The van der Waals surface area contributed by atoms with Crippen LogP contribution in [0.4, 0.5) is 0 Å². The highest BCUT2D eigenvalue weighted by Gasteiger charge is 2.05. The van der Waals surface area contributed by atoms with Gasteiger partial charge in [0.05, 0.1) is 6.42 Å². The third kappa shape index (κ3) is 2.71. The van der Waals surface area contributed by atoms with E-state index in [1.165, 1.54) is 0 Å². The zero-order valence-corrected chi connectivity index (χ0v) is 8.14. The highest BCUT2D eigenvalue weighted by molar-refractivity contribution is 5.74. The first-order valence-electron chi connectivity index (χ1n) is 4.72. The van der Waals surface area contributed by atoms with Crippen LogP contribution < -0.4 is 4.74 Å². The van der Waals surface area contributed by atoms with Crippen LogP contribution in [-0.4, -0.2) is 11.0 Å². The van der Waals surface area contributed by atoms with Gasteiger partial charge in [-0.05, 0) is 11.6 Å². The number of esters is 1. The van der Waals surface area contributed by atoms with Crippen LogP contribution in [0.1, 0.15) is 5.56 Å². The van der Waals surface area contributed by atoms with Crippen molar-refractivity contribution in [2.75, 3.05) is 0 Å². The fourth-order valence-electron chi connectivity index (χ4n) is 1.30. The molecule has 0 aliphatic heterocycles. The lowest BCUT2D eigenvalue weighted by atomic mass is 10.2. The van der Waals surface area contributed by atoms with Crippen LogP contribution in [-0.2, 0) is 11.2 Å². The average Bonchev–Trinajstić information content (AvgIpc) is 2.71. The topological polar surface area (TPSA) is 42.1 Å². The number of benzene rings is 1. The van der Waals surface area contributed by atoms with Crippen molar-refractivity contribution in [1.82, 2.24) is 4.98 Å². The van der Waals surface area contributed by atoms with Gasteiger partial charge in [-0.3, -0.25) is 4.79 Å². The fraction of sp³-hybridized carbons (Fsp3) is 0.0833. The van der Waals surface area contributed by atoms with Crippen molar-refractivity contribution < 1.29 is 9.53 Å². The summed E-state index contributed by atoms with van der Waals surface area (Å²) in [6.45, 7) is 0. The van der Waals surface area contributed by atoms with E-state index in [1.54, 1.807) is 18.3 Å². The van der Waals surface area contributed by atoms with E-state index >= 15 is 0 Å². The van der Waals surface area contributed by atoms with Crippen molar-refractivity contribution in [3.8, 4) is 5.88 Å². The SMILES string of the molecule is O=C(Cc1ccccc1)Oc1ccc[nH]1. The molecule has 0 bridgehead atoms. The van der Waals surface area contributed by atoms with Crippen LogP contribution in [0.25, 0.3) is 0 Å². The lowest BCUT2D eigenvalue weighted by molar-refractivity contribution is -0.133. The van der Waals surface area contributed by atoms with E-state index in [2.05, 4.69) is 4.98 Å². The molecule has 1 aromatic heterocycles. The summed E-state index contributed by atoms with van der Waals surface area (Å²) in [6.07, 6.45) is 2.00. The van der Waals surface area contributed by atoms with Crippen molar-refractivity contribution in [3.63, 3.8) is 0 Å². The molecule has 0 fully saturated rings. The van der Waals surface area contributed by atoms with Gasteiger partial charge in [-0.2, -0.15) is 0 Å². The maximum Gasteiger partial charge on any atom is 0.316 e. The van der Waals surface area contributed by atoms with Crippen LogP contribution >= 0.6 is 0 Å². The smallest absolute Gasteiger partial charge is 0.316 e. The van der Waals surface area contributed by atoms with E-state index < -0.39 is 0 Å². The molecule has 0 unspecified atom stereocenters. The Hall–Kier alpha value is -2.03. The van der Waals surface area contributed by atoms with Crippen molar-refractivity contribution >= 4 is 5.97 Å². The number of ether oxygens (including phenoxy) is 1. The summed E-state index contributed by atoms with van der Waals surface area (Å²) in [7, 11) is 0. The zero-order valence-electron chi connectivity index (χ0n) is 8.14. The number of rotatable bonds is 3. The maximum absolute atomic E-state index is 11.4. The summed E-state index contributed by atoms with van der Waals surface area (Å²) < 4.78 is 5.06. The van der Waals surface area contributed by atoms with Gasteiger partial charge in [-0.15, -0.1) is 0 Å². The molecule has 76 valence electrons. The van der Waals surface area contributed by atoms with Crippen LogP contribution in [0.2, 0.25) is 0 Å². The number of aromatic amines is 1. The molecule has 2 aromatic rings. The Bertz CT molecular complexity index is 420. The number of carbonyl (C=O) groups excluding carboxylic acids is 1. The van der Waals surface area contributed by atoms with Crippen molar-refractivity contribution in [1.29, 1.82) is 0 Å². The summed E-state index contributed by atoms with van der Waals surface area (Å²) in [5, 5.41) is 0. The molecular formula is C12H11NO2. The summed E-state index contributed by atoms with van der Waals surface area (Å²) in [6, 6.07) is 13.0. The molecule has 3 nitrogen and oxygen atoms in total. The molecule has 2 rings (SSSR count). The van der Waals surface area contributed by atoms with E-state index in [-0.39, 0.29) is 5.97 Å². The third-order valence-electron chi connectivity index (χ3n) is 1.98. The second-order valence-corrected chi connectivity index (χ2v) is 3.17. The summed E-state index contributed by atoms with van der Waals surface area (Å²) in [5.74, 6) is 0.222. The van der Waals surface area contributed by atoms with Crippen LogP contribution in [0, 0.1) is 0 Å². The van der Waals surface area contributed by atoms with Gasteiger partial charge in [0, 0.05) is 12.3 Å². The number of carbonyl (C=O) groups is 1. The molecule has 0 atom stereocenters. The Balaban J connectivity index is 1.94. The molecule has 0 saturated carbocycles. The molecule has 0 radical (unpaired) electrons. The summed E-state index contributed by atoms with van der Waals surface area (Å²) in [4.78, 5) is 14.2. The Morgan fingerprint density at radius 2 is 1.93 bits per heavy atom. The zero-order chi connectivity index (χ0) is 10.5. The average molecular weight is 201 g/mol. The first-order valence-corrected chi connectivity index (χ1v) is 4.72. The standard InChI is InChI=1S/C12H11NO2/c14-12(15-11-7-4-8-13-11)9-10-5-2-1-3-6-10/h1-8,13H,9H2. The molecule has 1 aromatic carbocycles. The number of aromatic nitrogens is 1. The lowest BCUT2D eigenvalue weighted by Gasteiger charge is -2.01. The van der Waals surface area contributed by atoms with Gasteiger partial charge in [-0.1, -0.05) is 30.3 Å². The number of hydrogen-bond donors (Lipinski definition) is 1. The van der Waals surface area contributed by atoms with E-state index in [1.807, 2.05) is 30.3 Å². The molecule has 3 heteroatoms. The number of nitrogens with one attached hydrogen (secondary N) is 1. The molecule has 0 aliphatic carbocycles. The normalized spacial score (nSPS) is 9.87. The third-order valence-corrected chi connectivity index (χ3v) is 1.98. The van der Waals surface area contributed by atoms with Gasteiger partial charge in [0.15, 0.2) is 0 Å². The van der Waals surface area contributed by atoms with Crippen LogP contribution in [0.3, 0.4) is 0 Å². The quantitative estimate of drug-likeness (QED) is 0.773. The molecule has 1 heterocycles. The predicted octanol–water partition coefficient (Wildman–Crippen LogP) is 2.16. The Morgan fingerprint density at radius 3 is 2.60 bits per heavy atom. The monoisotopic (exact) mass is 201 g/mol. The van der Waals surface area contributed by atoms with Crippen LogP contribution in [0.5, 0.6) is 5.88 Å². The van der Waals surface area contributed by atoms with Crippen molar-refractivity contribution in [2.45, 2.75) is 6.42 Å². The molecular weight excluding hydrogens is 190 g/mol. The molecule has 0 saturated heterocycles. The second kappa shape index (κ2) is 4.46. The number of hydrogen-bond acceptors (Lipinski definition) is 2.